The Labute approximate surface area is 89.1 Å². The van der Waals surface area contributed by atoms with Crippen LogP contribution < -0.4 is 5.32 Å². The minimum atomic E-state index is -0.437. The van der Waals surface area contributed by atoms with E-state index in [1.165, 1.54) is 0 Å². The van der Waals surface area contributed by atoms with Gasteiger partial charge in [-0.05, 0) is 12.7 Å². The van der Waals surface area contributed by atoms with Crippen LogP contribution in [0.15, 0.2) is 12.2 Å². The summed E-state index contributed by atoms with van der Waals surface area (Å²) < 4.78 is 4.76. The molecule has 0 fully saturated rings. The molecule has 0 saturated carbocycles. The van der Waals surface area contributed by atoms with E-state index < -0.39 is 5.97 Å². The molecule has 0 rings (SSSR count). The second-order valence-corrected chi connectivity index (χ2v) is 3.19. The van der Waals surface area contributed by atoms with Crippen molar-refractivity contribution in [1.82, 2.24) is 5.32 Å². The highest BCUT2D eigenvalue weighted by molar-refractivity contribution is 7.80. The summed E-state index contributed by atoms with van der Waals surface area (Å²) >= 11 is 3.91. The molecule has 0 saturated heterocycles. The summed E-state index contributed by atoms with van der Waals surface area (Å²) in [5.74, 6) is -0.0166. The highest BCUT2D eigenvalue weighted by atomic mass is 32.1. The Morgan fingerprint density at radius 3 is 2.64 bits per heavy atom. The molecule has 0 bridgehead atoms. The summed E-state index contributed by atoms with van der Waals surface area (Å²) in [6, 6.07) is 0. The van der Waals surface area contributed by atoms with Gasteiger partial charge in [0.15, 0.2) is 0 Å². The molecule has 0 atom stereocenters. The van der Waals surface area contributed by atoms with E-state index in [0.29, 0.717) is 24.3 Å². The van der Waals surface area contributed by atoms with Crippen molar-refractivity contribution in [2.75, 3.05) is 18.9 Å². The Kier molecular flexibility index (Phi) is 6.92. The molecule has 0 heterocycles. The van der Waals surface area contributed by atoms with Crippen molar-refractivity contribution >= 4 is 24.5 Å². The molecule has 0 radical (unpaired) electrons. The van der Waals surface area contributed by atoms with Crippen LogP contribution in [0.1, 0.15) is 13.3 Å². The Balaban J connectivity index is 3.42. The number of hydrogen-bond acceptors (Lipinski definition) is 4. The van der Waals surface area contributed by atoms with Crippen molar-refractivity contribution in [2.24, 2.45) is 0 Å². The molecule has 0 spiro atoms. The first kappa shape index (κ1) is 13.0. The lowest BCUT2D eigenvalue weighted by Gasteiger charge is -2.05. The number of ether oxygens (including phenoxy) is 1. The molecule has 1 N–H and O–H groups in total. The molecule has 0 aromatic heterocycles. The van der Waals surface area contributed by atoms with Crippen molar-refractivity contribution in [2.45, 2.75) is 13.3 Å². The fourth-order valence-corrected chi connectivity index (χ4v) is 0.850. The molecule has 14 heavy (non-hydrogen) atoms. The minimum absolute atomic E-state index is 0.0913. The molecular formula is C9H15NO3S. The van der Waals surface area contributed by atoms with Crippen molar-refractivity contribution in [3.63, 3.8) is 0 Å². The normalized spacial score (nSPS) is 9.29. The topological polar surface area (TPSA) is 55.4 Å². The van der Waals surface area contributed by atoms with Crippen molar-refractivity contribution in [3.8, 4) is 0 Å². The maximum atomic E-state index is 10.9. The maximum Gasteiger partial charge on any atom is 0.333 e. The van der Waals surface area contributed by atoms with Crippen LogP contribution in [0, 0.1) is 0 Å². The number of amides is 1. The van der Waals surface area contributed by atoms with Gasteiger partial charge in [-0.2, -0.15) is 12.6 Å². The number of nitrogens with one attached hydrogen (secondary N) is 1. The molecule has 4 nitrogen and oxygen atoms in total. The molecule has 1 amide bonds. The quantitative estimate of drug-likeness (QED) is 0.295. The smallest absolute Gasteiger partial charge is 0.333 e. The van der Waals surface area contributed by atoms with Crippen LogP contribution >= 0.6 is 12.6 Å². The molecule has 80 valence electrons. The van der Waals surface area contributed by atoms with E-state index >= 15 is 0 Å². The predicted molar refractivity (Wildman–Crippen MR) is 57.3 cm³/mol. The van der Waals surface area contributed by atoms with Gasteiger partial charge in [0.05, 0.1) is 6.54 Å². The third kappa shape index (κ3) is 6.54. The van der Waals surface area contributed by atoms with Gasteiger partial charge < -0.3 is 10.1 Å². The highest BCUT2D eigenvalue weighted by Gasteiger charge is 2.03. The van der Waals surface area contributed by atoms with Gasteiger partial charge in [0, 0.05) is 12.0 Å². The number of hydrogen-bond donors (Lipinski definition) is 2. The first-order chi connectivity index (χ1) is 6.57. The fourth-order valence-electron chi connectivity index (χ4n) is 0.647. The summed E-state index contributed by atoms with van der Waals surface area (Å²) in [6.45, 7) is 5.49. The lowest BCUT2D eigenvalue weighted by Crippen LogP contribution is -2.28. The summed E-state index contributed by atoms with van der Waals surface area (Å²) in [5.41, 5.74) is 0.353. The first-order valence-electron chi connectivity index (χ1n) is 4.28. The second-order valence-electron chi connectivity index (χ2n) is 2.74. The van der Waals surface area contributed by atoms with Crippen molar-refractivity contribution in [1.29, 1.82) is 0 Å². The monoisotopic (exact) mass is 217 g/mol. The van der Waals surface area contributed by atoms with E-state index in [-0.39, 0.29) is 12.5 Å². The SMILES string of the molecule is C=C(C)C(=O)OCCNC(=O)CCS. The standard InChI is InChI=1S/C9H15NO3S/c1-7(2)9(12)13-5-4-10-8(11)3-6-14/h14H,1,3-6H2,2H3,(H,10,11). The molecule has 0 unspecified atom stereocenters. The zero-order valence-electron chi connectivity index (χ0n) is 8.21. The Morgan fingerprint density at radius 1 is 1.50 bits per heavy atom. The number of thiol groups is 1. The van der Waals surface area contributed by atoms with Crippen LogP contribution in [-0.2, 0) is 14.3 Å². The second kappa shape index (κ2) is 7.44. The zero-order chi connectivity index (χ0) is 11.0. The zero-order valence-corrected chi connectivity index (χ0v) is 9.10. The van der Waals surface area contributed by atoms with E-state index in [4.69, 9.17) is 4.74 Å². The number of carbonyl (C=O) groups is 2. The average molecular weight is 217 g/mol. The van der Waals surface area contributed by atoms with E-state index in [2.05, 4.69) is 24.5 Å². The molecule has 5 heteroatoms. The van der Waals surface area contributed by atoms with E-state index in [9.17, 15) is 9.59 Å². The summed E-state index contributed by atoms with van der Waals surface area (Å²) in [5, 5.41) is 2.58. The largest absolute Gasteiger partial charge is 0.460 e. The van der Waals surface area contributed by atoms with Crippen LogP contribution in [0.25, 0.3) is 0 Å². The maximum absolute atomic E-state index is 10.9. The number of carbonyl (C=O) groups excluding carboxylic acids is 2. The van der Waals surface area contributed by atoms with Crippen molar-refractivity contribution < 1.29 is 14.3 Å². The van der Waals surface area contributed by atoms with Gasteiger partial charge in [0.25, 0.3) is 0 Å². The molecule has 0 aromatic rings. The Bertz CT molecular complexity index is 228. The van der Waals surface area contributed by atoms with Gasteiger partial charge in [-0.1, -0.05) is 6.58 Å². The molecule has 0 aromatic carbocycles. The van der Waals surface area contributed by atoms with Gasteiger partial charge in [0.2, 0.25) is 5.91 Å². The molecule has 0 aliphatic heterocycles. The lowest BCUT2D eigenvalue weighted by atomic mass is 10.4. The summed E-state index contributed by atoms with van der Waals surface area (Å²) in [4.78, 5) is 21.8. The third-order valence-electron chi connectivity index (χ3n) is 1.34. The van der Waals surface area contributed by atoms with Gasteiger partial charge in [0.1, 0.15) is 6.61 Å². The summed E-state index contributed by atoms with van der Waals surface area (Å²) in [7, 11) is 0. The highest BCUT2D eigenvalue weighted by Crippen LogP contribution is 1.90. The molecular weight excluding hydrogens is 202 g/mol. The number of esters is 1. The Morgan fingerprint density at radius 2 is 2.14 bits per heavy atom. The van der Waals surface area contributed by atoms with E-state index in [1.54, 1.807) is 6.92 Å². The van der Waals surface area contributed by atoms with Crippen LogP contribution in [-0.4, -0.2) is 30.8 Å². The van der Waals surface area contributed by atoms with Crippen molar-refractivity contribution in [3.05, 3.63) is 12.2 Å². The predicted octanol–water partition coefficient (Wildman–Crippen LogP) is 0.542. The summed E-state index contributed by atoms with van der Waals surface area (Å²) in [6.07, 6.45) is 0.373. The van der Waals surface area contributed by atoms with Gasteiger partial charge in [-0.15, -0.1) is 0 Å². The Hall–Kier alpha value is -0.970. The minimum Gasteiger partial charge on any atom is -0.460 e. The van der Waals surface area contributed by atoms with Gasteiger partial charge in [-0.25, -0.2) is 4.79 Å². The third-order valence-corrected chi connectivity index (χ3v) is 1.57. The van der Waals surface area contributed by atoms with Gasteiger partial charge >= 0.3 is 5.97 Å². The molecule has 0 aliphatic carbocycles. The van der Waals surface area contributed by atoms with E-state index in [1.807, 2.05) is 0 Å². The van der Waals surface area contributed by atoms with Crippen LogP contribution in [0.5, 0.6) is 0 Å². The fraction of sp³-hybridized carbons (Fsp3) is 0.556. The van der Waals surface area contributed by atoms with Crippen LogP contribution in [0.3, 0.4) is 0 Å². The van der Waals surface area contributed by atoms with E-state index in [0.717, 1.165) is 0 Å². The molecule has 0 aliphatic rings. The lowest BCUT2D eigenvalue weighted by molar-refractivity contribution is -0.139. The van der Waals surface area contributed by atoms with Gasteiger partial charge in [-0.3, -0.25) is 4.79 Å². The van der Waals surface area contributed by atoms with Crippen LogP contribution in [0.2, 0.25) is 0 Å². The van der Waals surface area contributed by atoms with Crippen LogP contribution in [0.4, 0.5) is 0 Å². The number of rotatable bonds is 6. The average Bonchev–Trinajstić information content (AvgIpc) is 2.12. The first-order valence-corrected chi connectivity index (χ1v) is 4.91.